The van der Waals surface area contributed by atoms with Gasteiger partial charge in [0, 0.05) is 18.3 Å². The van der Waals surface area contributed by atoms with Crippen molar-refractivity contribution in [3.05, 3.63) is 29.6 Å². The summed E-state index contributed by atoms with van der Waals surface area (Å²) < 4.78 is 13.7. The molecule has 2 rings (SSSR count). The summed E-state index contributed by atoms with van der Waals surface area (Å²) in [7, 11) is 0. The number of hydrogen-bond acceptors (Lipinski definition) is 2. The molecule has 0 amide bonds. The highest BCUT2D eigenvalue weighted by Gasteiger charge is 2.26. The molecule has 1 N–H and O–H groups in total. The topological polar surface area (TPSA) is 40.5 Å². The van der Waals surface area contributed by atoms with Gasteiger partial charge in [-0.05, 0) is 50.8 Å². The molecule has 0 aromatic heterocycles. The van der Waals surface area contributed by atoms with Crippen LogP contribution in [0.15, 0.2) is 18.2 Å². The molecule has 1 aliphatic rings. The molecule has 98 valence electrons. The average Bonchev–Trinajstić information content (AvgIpc) is 3.08. The number of benzene rings is 1. The Morgan fingerprint density at radius 3 is 2.61 bits per heavy atom. The average molecular weight is 251 g/mol. The molecule has 1 fully saturated rings. The zero-order chi connectivity index (χ0) is 13.3. The number of anilines is 1. The van der Waals surface area contributed by atoms with E-state index in [0.29, 0.717) is 5.92 Å². The van der Waals surface area contributed by atoms with Gasteiger partial charge in [0.25, 0.3) is 0 Å². The predicted octanol–water partition coefficient (Wildman–Crippen LogP) is 3.15. The molecule has 18 heavy (non-hydrogen) atoms. The third-order valence-corrected chi connectivity index (χ3v) is 3.29. The van der Waals surface area contributed by atoms with E-state index in [1.54, 1.807) is 6.07 Å². The van der Waals surface area contributed by atoms with E-state index in [9.17, 15) is 9.18 Å². The maximum absolute atomic E-state index is 13.7. The molecule has 1 aromatic rings. The predicted molar refractivity (Wildman–Crippen MR) is 68.6 cm³/mol. The van der Waals surface area contributed by atoms with Crippen LogP contribution in [-0.2, 0) is 0 Å². The molecule has 1 aliphatic carbocycles. The number of aromatic carboxylic acids is 1. The molecule has 1 saturated carbocycles. The third kappa shape index (κ3) is 2.81. The first-order valence-corrected chi connectivity index (χ1v) is 6.28. The van der Waals surface area contributed by atoms with E-state index in [2.05, 4.69) is 18.7 Å². The summed E-state index contributed by atoms with van der Waals surface area (Å²) in [5.74, 6) is -1.19. The van der Waals surface area contributed by atoms with Gasteiger partial charge < -0.3 is 10.0 Å². The van der Waals surface area contributed by atoms with Crippen LogP contribution in [0.3, 0.4) is 0 Å². The van der Waals surface area contributed by atoms with Gasteiger partial charge in [0.2, 0.25) is 0 Å². The third-order valence-electron chi connectivity index (χ3n) is 3.29. The normalized spacial score (nSPS) is 14.9. The number of carboxylic acids is 1. The summed E-state index contributed by atoms with van der Waals surface area (Å²) in [6.07, 6.45) is 2.47. The smallest absolute Gasteiger partial charge is 0.338 e. The van der Waals surface area contributed by atoms with Crippen LogP contribution in [0.1, 0.15) is 37.0 Å². The van der Waals surface area contributed by atoms with Crippen molar-refractivity contribution in [2.45, 2.75) is 32.7 Å². The lowest BCUT2D eigenvalue weighted by atomic mass is 10.1. The second-order valence-electron chi connectivity index (χ2n) is 5.16. The maximum Gasteiger partial charge on any atom is 0.338 e. The number of rotatable bonds is 5. The largest absolute Gasteiger partial charge is 0.478 e. The summed E-state index contributed by atoms with van der Waals surface area (Å²) in [4.78, 5) is 12.9. The lowest BCUT2D eigenvalue weighted by molar-refractivity contribution is 0.0692. The molecular weight excluding hydrogens is 233 g/mol. The fraction of sp³-hybridized carbons (Fsp3) is 0.500. The van der Waals surface area contributed by atoms with Gasteiger partial charge in [0.15, 0.2) is 0 Å². The molecule has 0 radical (unpaired) electrons. The minimum Gasteiger partial charge on any atom is -0.478 e. The first-order valence-electron chi connectivity index (χ1n) is 6.28. The number of carboxylic acid groups (broad SMARTS) is 1. The van der Waals surface area contributed by atoms with Crippen LogP contribution in [0, 0.1) is 11.7 Å². The van der Waals surface area contributed by atoms with Gasteiger partial charge in [-0.2, -0.15) is 0 Å². The molecule has 0 aliphatic heterocycles. The van der Waals surface area contributed by atoms with Crippen LogP contribution < -0.4 is 4.90 Å². The monoisotopic (exact) mass is 251 g/mol. The van der Waals surface area contributed by atoms with Crippen LogP contribution in [0.5, 0.6) is 0 Å². The molecule has 1 aromatic carbocycles. The van der Waals surface area contributed by atoms with E-state index in [1.165, 1.54) is 25.0 Å². The molecule has 0 bridgehead atoms. The van der Waals surface area contributed by atoms with E-state index in [4.69, 9.17) is 5.11 Å². The molecule has 0 saturated heterocycles. The lowest BCUT2D eigenvalue weighted by Gasteiger charge is -2.29. The van der Waals surface area contributed by atoms with Crippen LogP contribution >= 0.6 is 0 Å². The lowest BCUT2D eigenvalue weighted by Crippen LogP contribution is -2.32. The molecular formula is C14H18FNO2. The second-order valence-corrected chi connectivity index (χ2v) is 5.16. The molecule has 0 unspecified atom stereocenters. The zero-order valence-electron chi connectivity index (χ0n) is 10.7. The summed E-state index contributed by atoms with van der Waals surface area (Å²) in [6.45, 7) is 5.04. The van der Waals surface area contributed by atoms with Gasteiger partial charge in [-0.1, -0.05) is 0 Å². The van der Waals surface area contributed by atoms with Gasteiger partial charge in [-0.3, -0.25) is 0 Å². The number of halogens is 1. The highest BCUT2D eigenvalue weighted by molar-refractivity contribution is 5.88. The Morgan fingerprint density at radius 2 is 2.17 bits per heavy atom. The second kappa shape index (κ2) is 4.96. The van der Waals surface area contributed by atoms with Gasteiger partial charge in [0.05, 0.1) is 5.56 Å². The van der Waals surface area contributed by atoms with Gasteiger partial charge in [-0.15, -0.1) is 0 Å². The summed E-state index contributed by atoms with van der Waals surface area (Å²) in [5, 5.41) is 8.81. The van der Waals surface area contributed by atoms with Crippen LogP contribution in [0.4, 0.5) is 10.1 Å². The Morgan fingerprint density at radius 1 is 1.50 bits per heavy atom. The fourth-order valence-corrected chi connectivity index (χ4v) is 2.05. The quantitative estimate of drug-likeness (QED) is 0.874. The van der Waals surface area contributed by atoms with Crippen molar-refractivity contribution in [3.63, 3.8) is 0 Å². The van der Waals surface area contributed by atoms with E-state index < -0.39 is 11.8 Å². The van der Waals surface area contributed by atoms with Crippen molar-refractivity contribution in [1.82, 2.24) is 0 Å². The van der Waals surface area contributed by atoms with Gasteiger partial charge in [0.1, 0.15) is 5.82 Å². The Balaban J connectivity index is 2.24. The minimum absolute atomic E-state index is 0.270. The van der Waals surface area contributed by atoms with E-state index in [0.717, 1.165) is 12.2 Å². The van der Waals surface area contributed by atoms with Crippen molar-refractivity contribution in [3.8, 4) is 0 Å². The zero-order valence-corrected chi connectivity index (χ0v) is 10.7. The standard InChI is InChI=1S/C14H18FNO2/c1-9(2)16(8-10-3-4-10)11-5-6-12(14(17)18)13(15)7-11/h5-7,9-10H,3-4,8H2,1-2H3,(H,17,18). The van der Waals surface area contributed by atoms with Crippen molar-refractivity contribution >= 4 is 11.7 Å². The molecule has 3 nitrogen and oxygen atoms in total. The van der Waals surface area contributed by atoms with Crippen molar-refractivity contribution < 1.29 is 14.3 Å². The molecule has 0 heterocycles. The Hall–Kier alpha value is -1.58. The maximum atomic E-state index is 13.7. The van der Waals surface area contributed by atoms with Gasteiger partial charge >= 0.3 is 5.97 Å². The fourth-order valence-electron chi connectivity index (χ4n) is 2.05. The summed E-state index contributed by atoms with van der Waals surface area (Å²) in [6, 6.07) is 4.64. The highest BCUT2D eigenvalue weighted by atomic mass is 19.1. The molecule has 0 atom stereocenters. The minimum atomic E-state index is -1.22. The summed E-state index contributed by atoms with van der Waals surface area (Å²) >= 11 is 0. The highest BCUT2D eigenvalue weighted by Crippen LogP contribution is 2.32. The van der Waals surface area contributed by atoms with E-state index in [-0.39, 0.29) is 11.6 Å². The summed E-state index contributed by atoms with van der Waals surface area (Å²) in [5.41, 5.74) is 0.494. The number of hydrogen-bond donors (Lipinski definition) is 1. The van der Waals surface area contributed by atoms with Crippen molar-refractivity contribution in [2.75, 3.05) is 11.4 Å². The van der Waals surface area contributed by atoms with Crippen molar-refractivity contribution in [1.29, 1.82) is 0 Å². The SMILES string of the molecule is CC(C)N(CC1CC1)c1ccc(C(=O)O)c(F)c1. The van der Waals surface area contributed by atoms with Crippen LogP contribution in [-0.4, -0.2) is 23.7 Å². The Kier molecular flexibility index (Phi) is 3.55. The van der Waals surface area contributed by atoms with Crippen LogP contribution in [0.2, 0.25) is 0 Å². The van der Waals surface area contributed by atoms with E-state index in [1.807, 2.05) is 0 Å². The van der Waals surface area contributed by atoms with Crippen molar-refractivity contribution in [2.24, 2.45) is 5.92 Å². The Bertz CT molecular complexity index is 455. The first-order chi connectivity index (χ1) is 8.49. The number of carbonyl (C=O) groups is 1. The van der Waals surface area contributed by atoms with E-state index >= 15 is 0 Å². The molecule has 0 spiro atoms. The van der Waals surface area contributed by atoms with Crippen LogP contribution in [0.25, 0.3) is 0 Å². The first kappa shape index (κ1) is 12.9. The molecule has 4 heteroatoms. The van der Waals surface area contributed by atoms with Gasteiger partial charge in [-0.25, -0.2) is 9.18 Å². The number of nitrogens with zero attached hydrogens (tertiary/aromatic N) is 1. The Labute approximate surface area is 106 Å².